The summed E-state index contributed by atoms with van der Waals surface area (Å²) in [5, 5.41) is 15.5. The number of phenols is 1. The van der Waals surface area contributed by atoms with Gasteiger partial charge < -0.3 is 20.5 Å². The van der Waals surface area contributed by atoms with Gasteiger partial charge in [-0.15, -0.1) is 24.0 Å². The van der Waals surface area contributed by atoms with E-state index >= 15 is 0 Å². The predicted molar refractivity (Wildman–Crippen MR) is 98.9 cm³/mol. The largest absolute Gasteiger partial charge is 0.505 e. The van der Waals surface area contributed by atoms with E-state index in [0.717, 1.165) is 45.0 Å². The van der Waals surface area contributed by atoms with Crippen LogP contribution >= 0.6 is 24.0 Å². The van der Waals surface area contributed by atoms with E-state index in [9.17, 15) is 4.39 Å². The number of aliphatic imine (C=N–C) groups is 1. The van der Waals surface area contributed by atoms with Crippen LogP contribution in [0.4, 0.5) is 4.39 Å². The molecule has 0 saturated carbocycles. The lowest BCUT2D eigenvalue weighted by atomic mass is 10.2. The molecule has 0 spiro atoms. The molecule has 1 heterocycles. The molecular formula is C15H24FIN4O2. The van der Waals surface area contributed by atoms with E-state index in [0.29, 0.717) is 12.5 Å². The fourth-order valence-electron chi connectivity index (χ4n) is 2.22. The first kappa shape index (κ1) is 19.9. The Balaban J connectivity index is 0.00000264. The summed E-state index contributed by atoms with van der Waals surface area (Å²) in [6.45, 7) is 5.65. The number of halogens is 2. The highest BCUT2D eigenvalue weighted by molar-refractivity contribution is 14.0. The second-order valence-electron chi connectivity index (χ2n) is 5.09. The van der Waals surface area contributed by atoms with E-state index < -0.39 is 5.82 Å². The van der Waals surface area contributed by atoms with Crippen LogP contribution in [-0.2, 0) is 11.3 Å². The van der Waals surface area contributed by atoms with Crippen molar-refractivity contribution in [3.63, 3.8) is 0 Å². The lowest BCUT2D eigenvalue weighted by Gasteiger charge is -2.26. The monoisotopic (exact) mass is 438 g/mol. The number of phenolic OH excluding ortho intramolecular Hbond substituents is 1. The Morgan fingerprint density at radius 3 is 2.74 bits per heavy atom. The Hall–Kier alpha value is -1.13. The van der Waals surface area contributed by atoms with Crippen LogP contribution in [0.2, 0.25) is 0 Å². The molecule has 0 aliphatic carbocycles. The van der Waals surface area contributed by atoms with Crippen molar-refractivity contribution in [1.82, 2.24) is 15.5 Å². The number of ether oxygens (including phenoxy) is 1. The first-order valence-corrected chi connectivity index (χ1v) is 7.41. The van der Waals surface area contributed by atoms with Crippen molar-refractivity contribution < 1.29 is 14.2 Å². The maximum atomic E-state index is 13.3. The summed E-state index contributed by atoms with van der Waals surface area (Å²) in [5.41, 5.74) is 0.742. The van der Waals surface area contributed by atoms with Crippen molar-refractivity contribution in [3.05, 3.63) is 29.6 Å². The highest BCUT2D eigenvalue weighted by Gasteiger charge is 2.09. The van der Waals surface area contributed by atoms with Crippen LogP contribution < -0.4 is 10.6 Å². The first-order valence-electron chi connectivity index (χ1n) is 7.41. The van der Waals surface area contributed by atoms with Crippen molar-refractivity contribution in [3.8, 4) is 5.75 Å². The molecule has 0 bridgehead atoms. The van der Waals surface area contributed by atoms with Gasteiger partial charge in [-0.25, -0.2) is 4.39 Å². The molecule has 6 nitrogen and oxygen atoms in total. The smallest absolute Gasteiger partial charge is 0.191 e. The summed E-state index contributed by atoms with van der Waals surface area (Å²) in [7, 11) is 1.70. The Morgan fingerprint density at radius 2 is 2.09 bits per heavy atom. The van der Waals surface area contributed by atoms with Crippen LogP contribution in [0.3, 0.4) is 0 Å². The Morgan fingerprint density at radius 1 is 1.35 bits per heavy atom. The van der Waals surface area contributed by atoms with Gasteiger partial charge in [0, 0.05) is 39.8 Å². The Kier molecular flexibility index (Phi) is 9.19. The average molecular weight is 438 g/mol. The summed E-state index contributed by atoms with van der Waals surface area (Å²) in [5.74, 6) is -0.284. The molecule has 1 aromatic carbocycles. The van der Waals surface area contributed by atoms with Crippen LogP contribution in [0, 0.1) is 5.82 Å². The van der Waals surface area contributed by atoms with E-state index in [-0.39, 0.29) is 29.7 Å². The van der Waals surface area contributed by atoms with E-state index in [1.54, 1.807) is 13.1 Å². The maximum absolute atomic E-state index is 13.3. The fourth-order valence-corrected chi connectivity index (χ4v) is 2.22. The molecule has 1 saturated heterocycles. The van der Waals surface area contributed by atoms with Crippen molar-refractivity contribution in [1.29, 1.82) is 0 Å². The van der Waals surface area contributed by atoms with Crippen LogP contribution in [0.5, 0.6) is 5.75 Å². The molecule has 0 radical (unpaired) electrons. The van der Waals surface area contributed by atoms with Gasteiger partial charge in [0.2, 0.25) is 0 Å². The molecule has 23 heavy (non-hydrogen) atoms. The molecule has 0 unspecified atom stereocenters. The predicted octanol–water partition coefficient (Wildman–Crippen LogP) is 1.15. The summed E-state index contributed by atoms with van der Waals surface area (Å²) < 4.78 is 18.6. The standard InChI is InChI=1S/C15H23FN4O2.HI/c1-17-15(18-4-5-20-6-8-22-9-7-20)19-11-12-2-3-14(21)13(16)10-12;/h2-3,10,21H,4-9,11H2,1H3,(H2,17,18,19);1H. The van der Waals surface area contributed by atoms with E-state index in [1.807, 2.05) is 0 Å². The molecule has 0 aromatic heterocycles. The third kappa shape index (κ3) is 6.88. The van der Waals surface area contributed by atoms with Crippen molar-refractivity contribution in [2.24, 2.45) is 4.99 Å². The number of hydrogen-bond acceptors (Lipinski definition) is 4. The van der Waals surface area contributed by atoms with Crippen molar-refractivity contribution in [2.75, 3.05) is 46.4 Å². The van der Waals surface area contributed by atoms with Gasteiger partial charge in [0.15, 0.2) is 17.5 Å². The molecule has 130 valence electrons. The minimum atomic E-state index is -0.616. The van der Waals surface area contributed by atoms with Gasteiger partial charge in [-0.05, 0) is 17.7 Å². The molecule has 0 amide bonds. The fraction of sp³-hybridized carbons (Fsp3) is 0.533. The number of hydrogen-bond donors (Lipinski definition) is 3. The third-order valence-electron chi connectivity index (χ3n) is 3.52. The summed E-state index contributed by atoms with van der Waals surface area (Å²) in [6, 6.07) is 4.33. The Labute approximate surface area is 153 Å². The Bertz CT molecular complexity index is 510. The normalized spacial score (nSPS) is 15.8. The molecule has 1 aliphatic rings. The summed E-state index contributed by atoms with van der Waals surface area (Å²) in [6.07, 6.45) is 0. The van der Waals surface area contributed by atoms with E-state index in [1.165, 1.54) is 12.1 Å². The SMILES string of the molecule is CN=C(NCCN1CCOCC1)NCc1ccc(O)c(F)c1.I. The highest BCUT2D eigenvalue weighted by Crippen LogP contribution is 2.15. The number of nitrogens with zero attached hydrogens (tertiary/aromatic N) is 2. The van der Waals surface area contributed by atoms with Gasteiger partial charge in [-0.1, -0.05) is 6.07 Å². The molecule has 2 rings (SSSR count). The third-order valence-corrected chi connectivity index (χ3v) is 3.52. The van der Waals surface area contributed by atoms with Crippen LogP contribution in [-0.4, -0.2) is 62.4 Å². The van der Waals surface area contributed by atoms with Crippen molar-refractivity contribution in [2.45, 2.75) is 6.54 Å². The molecule has 1 aliphatic heterocycles. The minimum Gasteiger partial charge on any atom is -0.505 e. The zero-order valence-corrected chi connectivity index (χ0v) is 15.5. The number of guanidine groups is 1. The zero-order valence-electron chi connectivity index (χ0n) is 13.2. The molecule has 1 fully saturated rings. The second-order valence-corrected chi connectivity index (χ2v) is 5.09. The van der Waals surface area contributed by atoms with Gasteiger partial charge >= 0.3 is 0 Å². The number of benzene rings is 1. The van der Waals surface area contributed by atoms with Crippen LogP contribution in [0.15, 0.2) is 23.2 Å². The quantitative estimate of drug-likeness (QED) is 0.366. The van der Waals surface area contributed by atoms with Gasteiger partial charge in [0.1, 0.15) is 0 Å². The van der Waals surface area contributed by atoms with E-state index in [4.69, 9.17) is 9.84 Å². The number of nitrogens with one attached hydrogen (secondary N) is 2. The van der Waals surface area contributed by atoms with E-state index in [2.05, 4.69) is 20.5 Å². The maximum Gasteiger partial charge on any atom is 0.191 e. The first-order chi connectivity index (χ1) is 10.7. The molecule has 8 heteroatoms. The van der Waals surface area contributed by atoms with Crippen molar-refractivity contribution >= 4 is 29.9 Å². The van der Waals surface area contributed by atoms with Crippen LogP contribution in [0.25, 0.3) is 0 Å². The highest BCUT2D eigenvalue weighted by atomic mass is 127. The van der Waals surface area contributed by atoms with Gasteiger partial charge in [0.05, 0.1) is 13.2 Å². The summed E-state index contributed by atoms with van der Waals surface area (Å²) in [4.78, 5) is 6.47. The number of aromatic hydroxyl groups is 1. The second kappa shape index (κ2) is 10.6. The number of rotatable bonds is 5. The average Bonchev–Trinajstić information content (AvgIpc) is 2.55. The van der Waals surface area contributed by atoms with Gasteiger partial charge in [0.25, 0.3) is 0 Å². The minimum absolute atomic E-state index is 0. The van der Waals surface area contributed by atoms with Gasteiger partial charge in [-0.3, -0.25) is 9.89 Å². The molecule has 0 atom stereocenters. The molecule has 1 aromatic rings. The van der Waals surface area contributed by atoms with Gasteiger partial charge in [-0.2, -0.15) is 0 Å². The topological polar surface area (TPSA) is 69.1 Å². The summed E-state index contributed by atoms with van der Waals surface area (Å²) >= 11 is 0. The molecule has 3 N–H and O–H groups in total. The lowest BCUT2D eigenvalue weighted by Crippen LogP contribution is -2.44. The molecular weight excluding hydrogens is 414 g/mol. The lowest BCUT2D eigenvalue weighted by molar-refractivity contribution is 0.0389. The van der Waals surface area contributed by atoms with Crippen LogP contribution in [0.1, 0.15) is 5.56 Å². The zero-order chi connectivity index (χ0) is 15.8. The number of morpholine rings is 1.